The van der Waals surface area contributed by atoms with Gasteiger partial charge >= 0.3 is 5.63 Å². The van der Waals surface area contributed by atoms with Gasteiger partial charge in [0.1, 0.15) is 17.1 Å². The van der Waals surface area contributed by atoms with Crippen LogP contribution in [-0.2, 0) is 0 Å². The van der Waals surface area contributed by atoms with Gasteiger partial charge in [0.2, 0.25) is 0 Å². The summed E-state index contributed by atoms with van der Waals surface area (Å²) in [6.07, 6.45) is 9.09. The van der Waals surface area contributed by atoms with Gasteiger partial charge in [0, 0.05) is 17.5 Å². The largest absolute Gasteiger partial charge is 0.497 e. The molecule has 0 N–H and O–H groups in total. The van der Waals surface area contributed by atoms with Crippen LogP contribution in [0.25, 0.3) is 23.1 Å². The van der Waals surface area contributed by atoms with Crippen LogP contribution in [-0.4, -0.2) is 13.2 Å². The molecule has 3 aromatic rings. The van der Waals surface area contributed by atoms with Gasteiger partial charge in [-0.2, -0.15) is 0 Å². The van der Waals surface area contributed by atoms with E-state index in [1.165, 1.54) is 18.9 Å². The van der Waals surface area contributed by atoms with E-state index in [1.54, 1.807) is 13.2 Å². The maximum Gasteiger partial charge on any atom is 0.336 e. The number of benzene rings is 2. The molecule has 4 nitrogen and oxygen atoms in total. The summed E-state index contributed by atoms with van der Waals surface area (Å²) >= 11 is 0. The highest BCUT2D eigenvalue weighted by atomic mass is 16.5. The number of methoxy groups -OCH3 is 1. The van der Waals surface area contributed by atoms with Gasteiger partial charge in [-0.25, -0.2) is 4.79 Å². The summed E-state index contributed by atoms with van der Waals surface area (Å²) in [5.74, 6) is 1.57. The third-order valence-electron chi connectivity index (χ3n) is 4.92. The molecule has 1 saturated carbocycles. The first kappa shape index (κ1) is 17.4. The molecule has 4 heteroatoms. The van der Waals surface area contributed by atoms with Crippen LogP contribution in [0, 0.1) is 0 Å². The third-order valence-corrected chi connectivity index (χ3v) is 4.92. The predicted molar refractivity (Wildman–Crippen MR) is 107 cm³/mol. The van der Waals surface area contributed by atoms with Crippen LogP contribution < -0.4 is 15.1 Å². The Morgan fingerprint density at radius 1 is 0.963 bits per heavy atom. The average Bonchev–Trinajstić information content (AvgIpc) is 3.19. The quantitative estimate of drug-likeness (QED) is 0.578. The van der Waals surface area contributed by atoms with Crippen molar-refractivity contribution < 1.29 is 13.9 Å². The van der Waals surface area contributed by atoms with Crippen LogP contribution in [0.1, 0.15) is 36.8 Å². The summed E-state index contributed by atoms with van der Waals surface area (Å²) in [7, 11) is 1.59. The summed E-state index contributed by atoms with van der Waals surface area (Å²) < 4.78 is 16.5. The summed E-state index contributed by atoms with van der Waals surface area (Å²) in [5.41, 5.74) is 2.00. The van der Waals surface area contributed by atoms with E-state index in [1.807, 2.05) is 48.6 Å². The summed E-state index contributed by atoms with van der Waals surface area (Å²) in [5, 5.41) is 0.868. The Labute approximate surface area is 158 Å². The lowest BCUT2D eigenvalue weighted by atomic mass is 10.1. The van der Waals surface area contributed by atoms with Crippen molar-refractivity contribution in [1.82, 2.24) is 0 Å². The van der Waals surface area contributed by atoms with Crippen LogP contribution in [0.5, 0.6) is 11.5 Å². The van der Waals surface area contributed by atoms with Gasteiger partial charge in [0.05, 0.1) is 13.2 Å². The van der Waals surface area contributed by atoms with Crippen molar-refractivity contribution >= 4 is 23.1 Å². The molecule has 138 valence electrons. The topological polar surface area (TPSA) is 48.7 Å². The molecule has 1 fully saturated rings. The average molecular weight is 362 g/mol. The third kappa shape index (κ3) is 4.05. The zero-order chi connectivity index (χ0) is 18.6. The van der Waals surface area contributed by atoms with E-state index in [9.17, 15) is 4.79 Å². The first-order valence-electron chi connectivity index (χ1n) is 9.28. The molecule has 0 atom stereocenters. The normalized spacial score (nSPS) is 14.9. The number of hydrogen-bond acceptors (Lipinski definition) is 4. The minimum absolute atomic E-state index is 0.360. The van der Waals surface area contributed by atoms with Gasteiger partial charge in [-0.1, -0.05) is 24.3 Å². The maximum absolute atomic E-state index is 11.9. The lowest BCUT2D eigenvalue weighted by molar-refractivity contribution is 0.210. The molecule has 0 spiro atoms. The molecule has 2 aromatic carbocycles. The summed E-state index contributed by atoms with van der Waals surface area (Å²) in [6, 6.07) is 15.0. The van der Waals surface area contributed by atoms with Crippen molar-refractivity contribution in [3.05, 3.63) is 70.1 Å². The van der Waals surface area contributed by atoms with Gasteiger partial charge in [-0.3, -0.25) is 0 Å². The molecule has 1 aliphatic rings. The fraction of sp³-hybridized carbons (Fsp3) is 0.261. The van der Waals surface area contributed by atoms with Crippen molar-refractivity contribution in [3.63, 3.8) is 0 Å². The Morgan fingerprint density at radius 2 is 1.70 bits per heavy atom. The Morgan fingerprint density at radius 3 is 2.44 bits per heavy atom. The molecule has 0 radical (unpaired) electrons. The van der Waals surface area contributed by atoms with Crippen LogP contribution in [0.4, 0.5) is 0 Å². The fourth-order valence-corrected chi connectivity index (χ4v) is 3.48. The van der Waals surface area contributed by atoms with Crippen LogP contribution in [0.15, 0.2) is 57.7 Å². The lowest BCUT2D eigenvalue weighted by Gasteiger charge is -2.12. The van der Waals surface area contributed by atoms with Gasteiger partial charge in [-0.05, 0) is 61.1 Å². The molecule has 4 rings (SSSR count). The van der Waals surface area contributed by atoms with E-state index in [2.05, 4.69) is 0 Å². The molecule has 0 saturated heterocycles. The van der Waals surface area contributed by atoms with Gasteiger partial charge in [-0.15, -0.1) is 0 Å². The second kappa shape index (κ2) is 7.70. The first-order valence-corrected chi connectivity index (χ1v) is 9.28. The molecule has 1 aliphatic carbocycles. The molecule has 27 heavy (non-hydrogen) atoms. The van der Waals surface area contributed by atoms with Gasteiger partial charge < -0.3 is 13.9 Å². The van der Waals surface area contributed by atoms with Crippen molar-refractivity contribution in [2.75, 3.05) is 7.11 Å². The Balaban J connectivity index is 1.56. The standard InChI is InChI=1S/C23H22O4/c1-25-20-12-13-21-17(14-23(24)27-22(21)15-20)9-6-16-7-10-19(11-8-16)26-18-4-2-3-5-18/h6-15,18H,2-5H2,1H3/b9-6+. The zero-order valence-corrected chi connectivity index (χ0v) is 15.3. The number of hydrogen-bond donors (Lipinski definition) is 0. The van der Waals surface area contributed by atoms with Crippen molar-refractivity contribution in [3.8, 4) is 11.5 Å². The Bertz CT molecular complexity index is 1010. The van der Waals surface area contributed by atoms with E-state index >= 15 is 0 Å². The highest BCUT2D eigenvalue weighted by Crippen LogP contribution is 2.26. The van der Waals surface area contributed by atoms with Gasteiger partial charge in [0.15, 0.2) is 0 Å². The number of ether oxygens (including phenoxy) is 2. The second-order valence-corrected chi connectivity index (χ2v) is 6.81. The highest BCUT2D eigenvalue weighted by Gasteiger charge is 2.16. The SMILES string of the molecule is COc1ccc2c(/C=C/c3ccc(OC4CCCC4)cc3)cc(=O)oc2c1. The molecular weight excluding hydrogens is 340 g/mol. The first-order chi connectivity index (χ1) is 13.2. The minimum Gasteiger partial charge on any atom is -0.497 e. The van der Waals surface area contributed by atoms with Crippen LogP contribution >= 0.6 is 0 Å². The Hall–Kier alpha value is -3.01. The minimum atomic E-state index is -0.379. The predicted octanol–water partition coefficient (Wildman–Crippen LogP) is 5.29. The van der Waals surface area contributed by atoms with E-state index in [-0.39, 0.29) is 5.63 Å². The zero-order valence-electron chi connectivity index (χ0n) is 15.3. The van der Waals surface area contributed by atoms with Crippen molar-refractivity contribution in [2.24, 2.45) is 0 Å². The maximum atomic E-state index is 11.9. The van der Waals surface area contributed by atoms with Crippen LogP contribution in [0.2, 0.25) is 0 Å². The molecule has 1 aromatic heterocycles. The van der Waals surface area contributed by atoms with E-state index in [0.717, 1.165) is 35.1 Å². The molecule has 0 amide bonds. The van der Waals surface area contributed by atoms with Gasteiger partial charge in [0.25, 0.3) is 0 Å². The molecule has 0 aliphatic heterocycles. The summed E-state index contributed by atoms with van der Waals surface area (Å²) in [4.78, 5) is 11.9. The highest BCUT2D eigenvalue weighted by molar-refractivity contribution is 5.90. The molecule has 0 bridgehead atoms. The summed E-state index contributed by atoms with van der Waals surface area (Å²) in [6.45, 7) is 0. The lowest BCUT2D eigenvalue weighted by Crippen LogP contribution is -2.10. The smallest absolute Gasteiger partial charge is 0.336 e. The monoisotopic (exact) mass is 362 g/mol. The van der Waals surface area contributed by atoms with E-state index in [4.69, 9.17) is 13.9 Å². The van der Waals surface area contributed by atoms with Crippen LogP contribution in [0.3, 0.4) is 0 Å². The van der Waals surface area contributed by atoms with E-state index < -0.39 is 0 Å². The molecular formula is C23H22O4. The second-order valence-electron chi connectivity index (χ2n) is 6.81. The molecule has 1 heterocycles. The van der Waals surface area contributed by atoms with E-state index in [0.29, 0.717) is 17.4 Å². The number of fused-ring (bicyclic) bond motifs is 1. The molecule has 0 unspecified atom stereocenters. The van der Waals surface area contributed by atoms with Crippen molar-refractivity contribution in [2.45, 2.75) is 31.8 Å². The Kier molecular flexibility index (Phi) is 4.97. The fourth-order valence-electron chi connectivity index (χ4n) is 3.48. The van der Waals surface area contributed by atoms with Crippen molar-refractivity contribution in [1.29, 1.82) is 0 Å². The number of rotatable bonds is 5.